The van der Waals surface area contributed by atoms with Gasteiger partial charge in [0.1, 0.15) is 5.69 Å². The molecule has 0 fully saturated rings. The van der Waals surface area contributed by atoms with E-state index >= 15 is 0 Å². The monoisotopic (exact) mass is 268 g/mol. The summed E-state index contributed by atoms with van der Waals surface area (Å²) < 4.78 is 2.81. The normalized spacial score (nSPS) is 10.7. The van der Waals surface area contributed by atoms with Crippen LogP contribution in [0, 0.1) is 0 Å². The fraction of sp³-hybridized carbons (Fsp3) is 0.0769. The van der Waals surface area contributed by atoms with Crippen LogP contribution in [0.5, 0.6) is 0 Å². The summed E-state index contributed by atoms with van der Waals surface area (Å²) in [4.78, 5) is 20.4. The second-order valence-corrected chi connectivity index (χ2v) is 4.25. The summed E-state index contributed by atoms with van der Waals surface area (Å²) >= 11 is 0. The molecule has 0 spiro atoms. The molecule has 0 atom stereocenters. The number of nitrogen functional groups attached to an aromatic ring is 1. The van der Waals surface area contributed by atoms with Crippen LogP contribution in [0.2, 0.25) is 0 Å². The highest BCUT2D eigenvalue weighted by atomic mass is 16.2. The molecule has 0 aromatic carbocycles. The lowest BCUT2D eigenvalue weighted by atomic mass is 10.3. The number of rotatable bonds is 2. The van der Waals surface area contributed by atoms with Crippen LogP contribution in [0.3, 0.4) is 0 Å². The topological polar surface area (TPSA) is 91.6 Å². The number of hydrogen-bond donors (Lipinski definition) is 1. The van der Waals surface area contributed by atoms with Crippen molar-refractivity contribution in [3.05, 3.63) is 48.5 Å². The van der Waals surface area contributed by atoms with Gasteiger partial charge in [-0.25, -0.2) is 0 Å². The van der Waals surface area contributed by atoms with E-state index in [2.05, 4.69) is 15.1 Å². The largest absolute Gasteiger partial charge is 0.368 e. The molecule has 0 aliphatic carbocycles. The van der Waals surface area contributed by atoms with E-state index in [0.29, 0.717) is 11.5 Å². The second kappa shape index (κ2) is 4.61. The minimum Gasteiger partial charge on any atom is -0.368 e. The molecule has 3 rings (SSSR count). The van der Waals surface area contributed by atoms with E-state index < -0.39 is 0 Å². The molecular weight excluding hydrogens is 256 g/mol. The standard InChI is InChI=1S/C13H12N6O/c1-18-8-2-3-10(18)12(20)19-13(14)16-11(17-19)9-4-6-15-7-5-9/h2-8H,1H3,(H2,14,16,17). The van der Waals surface area contributed by atoms with E-state index in [1.807, 2.05) is 0 Å². The van der Waals surface area contributed by atoms with Crippen molar-refractivity contribution in [3.8, 4) is 11.4 Å². The molecule has 0 aliphatic rings. The Kier molecular flexibility index (Phi) is 2.79. The number of carbonyl (C=O) groups is 1. The number of hydrogen-bond acceptors (Lipinski definition) is 5. The van der Waals surface area contributed by atoms with Crippen molar-refractivity contribution >= 4 is 11.9 Å². The van der Waals surface area contributed by atoms with Gasteiger partial charge in [-0.1, -0.05) is 0 Å². The summed E-state index contributed by atoms with van der Waals surface area (Å²) in [6, 6.07) is 7.00. The molecule has 0 bridgehead atoms. The first-order chi connectivity index (χ1) is 9.66. The maximum absolute atomic E-state index is 12.3. The molecular formula is C13H12N6O. The zero-order chi connectivity index (χ0) is 14.1. The summed E-state index contributed by atoms with van der Waals surface area (Å²) in [5.74, 6) is 0.137. The molecule has 3 aromatic rings. The van der Waals surface area contributed by atoms with Crippen molar-refractivity contribution < 1.29 is 4.79 Å². The maximum Gasteiger partial charge on any atom is 0.297 e. The highest BCUT2D eigenvalue weighted by molar-refractivity contribution is 5.95. The second-order valence-electron chi connectivity index (χ2n) is 4.25. The third-order valence-corrected chi connectivity index (χ3v) is 2.93. The van der Waals surface area contributed by atoms with Crippen molar-refractivity contribution in [1.29, 1.82) is 0 Å². The van der Waals surface area contributed by atoms with Crippen LogP contribution in [0.15, 0.2) is 42.9 Å². The molecule has 3 heterocycles. The highest BCUT2D eigenvalue weighted by Gasteiger charge is 2.18. The van der Waals surface area contributed by atoms with E-state index in [1.165, 1.54) is 0 Å². The van der Waals surface area contributed by atoms with Gasteiger partial charge in [0.25, 0.3) is 5.91 Å². The fourth-order valence-corrected chi connectivity index (χ4v) is 1.89. The van der Waals surface area contributed by atoms with Crippen LogP contribution in [0.1, 0.15) is 10.5 Å². The Labute approximate surface area is 114 Å². The SMILES string of the molecule is Cn1cccc1C(=O)n1nc(-c2ccncc2)nc1N. The summed E-state index contributed by atoms with van der Waals surface area (Å²) in [7, 11) is 1.78. The number of nitrogens with zero attached hydrogens (tertiary/aromatic N) is 5. The molecule has 0 radical (unpaired) electrons. The lowest BCUT2D eigenvalue weighted by Crippen LogP contribution is -2.18. The lowest BCUT2D eigenvalue weighted by Gasteiger charge is -2.02. The molecule has 20 heavy (non-hydrogen) atoms. The molecule has 3 aromatic heterocycles. The van der Waals surface area contributed by atoms with Gasteiger partial charge in [0, 0.05) is 31.2 Å². The Morgan fingerprint density at radius 1 is 1.25 bits per heavy atom. The fourth-order valence-electron chi connectivity index (χ4n) is 1.89. The van der Waals surface area contributed by atoms with Crippen LogP contribution in [0.4, 0.5) is 5.95 Å². The Hall–Kier alpha value is -2.96. The first-order valence-corrected chi connectivity index (χ1v) is 5.96. The number of aromatic nitrogens is 5. The Morgan fingerprint density at radius 3 is 2.65 bits per heavy atom. The molecule has 100 valence electrons. The van der Waals surface area contributed by atoms with Crippen LogP contribution >= 0.6 is 0 Å². The number of nitrogens with two attached hydrogens (primary N) is 1. The first kappa shape index (κ1) is 12.1. The van der Waals surface area contributed by atoms with E-state index in [1.54, 1.807) is 54.5 Å². The van der Waals surface area contributed by atoms with Crippen LogP contribution in [-0.2, 0) is 7.05 Å². The number of aryl methyl sites for hydroxylation is 1. The molecule has 2 N–H and O–H groups in total. The van der Waals surface area contributed by atoms with E-state index in [9.17, 15) is 4.79 Å². The molecule has 0 saturated carbocycles. The Balaban J connectivity index is 2.02. The maximum atomic E-state index is 12.3. The van der Waals surface area contributed by atoms with Crippen molar-refractivity contribution in [1.82, 2.24) is 24.3 Å². The molecule has 0 amide bonds. The van der Waals surface area contributed by atoms with Crippen molar-refractivity contribution in [2.75, 3.05) is 5.73 Å². The number of anilines is 1. The minimum absolute atomic E-state index is 0.0583. The zero-order valence-corrected chi connectivity index (χ0v) is 10.8. The summed E-state index contributed by atoms with van der Waals surface area (Å²) in [5, 5.41) is 4.17. The van der Waals surface area contributed by atoms with Gasteiger partial charge in [0.05, 0.1) is 0 Å². The smallest absolute Gasteiger partial charge is 0.297 e. The molecule has 0 unspecified atom stereocenters. The van der Waals surface area contributed by atoms with Gasteiger partial charge in [-0.3, -0.25) is 9.78 Å². The minimum atomic E-state index is -0.317. The average molecular weight is 268 g/mol. The molecule has 7 nitrogen and oxygen atoms in total. The number of pyridine rings is 1. The quantitative estimate of drug-likeness (QED) is 0.747. The number of carbonyl (C=O) groups excluding carboxylic acids is 1. The van der Waals surface area contributed by atoms with Crippen molar-refractivity contribution in [2.24, 2.45) is 7.05 Å². The van der Waals surface area contributed by atoms with Crippen molar-refractivity contribution in [2.45, 2.75) is 0 Å². The van der Waals surface area contributed by atoms with Gasteiger partial charge in [-0.2, -0.15) is 9.67 Å². The lowest BCUT2D eigenvalue weighted by molar-refractivity contribution is 0.0940. The van der Waals surface area contributed by atoms with Gasteiger partial charge in [0.15, 0.2) is 5.82 Å². The van der Waals surface area contributed by atoms with E-state index in [-0.39, 0.29) is 11.9 Å². The predicted octanol–water partition coefficient (Wildman–Crippen LogP) is 0.949. The van der Waals surface area contributed by atoms with Gasteiger partial charge in [0.2, 0.25) is 5.95 Å². The molecule has 0 saturated heterocycles. The Bertz CT molecular complexity index is 758. The third-order valence-electron chi connectivity index (χ3n) is 2.93. The summed E-state index contributed by atoms with van der Waals surface area (Å²) in [6.45, 7) is 0. The summed E-state index contributed by atoms with van der Waals surface area (Å²) in [6.07, 6.45) is 5.04. The van der Waals surface area contributed by atoms with Gasteiger partial charge in [-0.15, -0.1) is 5.10 Å². The zero-order valence-electron chi connectivity index (χ0n) is 10.8. The Morgan fingerprint density at radius 2 is 2.00 bits per heavy atom. The third kappa shape index (κ3) is 1.95. The van der Waals surface area contributed by atoms with Crippen LogP contribution in [-0.4, -0.2) is 30.2 Å². The van der Waals surface area contributed by atoms with Crippen LogP contribution in [0.25, 0.3) is 11.4 Å². The first-order valence-electron chi connectivity index (χ1n) is 5.96. The molecule has 7 heteroatoms. The predicted molar refractivity (Wildman–Crippen MR) is 72.8 cm³/mol. The van der Waals surface area contributed by atoms with E-state index in [0.717, 1.165) is 10.2 Å². The van der Waals surface area contributed by atoms with Crippen molar-refractivity contribution in [3.63, 3.8) is 0 Å². The van der Waals surface area contributed by atoms with Gasteiger partial charge < -0.3 is 10.3 Å². The average Bonchev–Trinajstić information content (AvgIpc) is 3.05. The molecule has 0 aliphatic heterocycles. The van der Waals surface area contributed by atoms with Crippen LogP contribution < -0.4 is 5.73 Å². The highest BCUT2D eigenvalue weighted by Crippen LogP contribution is 2.16. The van der Waals surface area contributed by atoms with Gasteiger partial charge in [-0.05, 0) is 24.3 Å². The van der Waals surface area contributed by atoms with Gasteiger partial charge >= 0.3 is 0 Å². The van der Waals surface area contributed by atoms with E-state index in [4.69, 9.17) is 5.73 Å². The summed E-state index contributed by atoms with van der Waals surface area (Å²) in [5.41, 5.74) is 7.02.